The Morgan fingerprint density at radius 3 is 2.20 bits per heavy atom. The van der Waals surface area contributed by atoms with Crippen molar-refractivity contribution in [1.29, 1.82) is 0 Å². The predicted molar refractivity (Wildman–Crippen MR) is 60.8 cm³/mol. The Labute approximate surface area is 96.3 Å². The van der Waals surface area contributed by atoms with Gasteiger partial charge in [-0.05, 0) is 27.2 Å². The summed E-state index contributed by atoms with van der Waals surface area (Å²) in [4.78, 5) is 0. The fourth-order valence-electron chi connectivity index (χ4n) is 0.842. The zero-order valence-corrected chi connectivity index (χ0v) is 11.0. The summed E-state index contributed by atoms with van der Waals surface area (Å²) in [6, 6.07) is 0. The van der Waals surface area contributed by atoms with Crippen LogP contribution in [0.25, 0.3) is 0 Å². The van der Waals surface area contributed by atoms with E-state index in [0.29, 0.717) is 26.2 Å². The summed E-state index contributed by atoms with van der Waals surface area (Å²) >= 11 is 0. The molecule has 92 valence electrons. The van der Waals surface area contributed by atoms with Crippen LogP contribution in [0.1, 0.15) is 27.2 Å². The molecule has 0 atom stereocenters. The third-order valence-electron chi connectivity index (χ3n) is 1.44. The molecule has 0 saturated heterocycles. The summed E-state index contributed by atoms with van der Waals surface area (Å²) in [7, 11) is 1.65. The highest BCUT2D eigenvalue weighted by Crippen LogP contribution is 2.05. The molecule has 0 N–H and O–H groups in total. The van der Waals surface area contributed by atoms with Gasteiger partial charge < -0.3 is 9.47 Å². The van der Waals surface area contributed by atoms with E-state index in [1.54, 1.807) is 0 Å². The van der Waals surface area contributed by atoms with E-state index in [9.17, 15) is 8.42 Å². The quantitative estimate of drug-likeness (QED) is 0.516. The molecule has 0 unspecified atom stereocenters. The van der Waals surface area contributed by atoms with Crippen molar-refractivity contribution in [2.24, 2.45) is 0 Å². The minimum Gasteiger partial charge on any atom is -0.379 e. The van der Waals surface area contributed by atoms with E-state index >= 15 is 0 Å². The highest BCUT2D eigenvalue weighted by Gasteiger charge is 2.09. The van der Waals surface area contributed by atoms with E-state index < -0.39 is 9.05 Å². The smallest absolute Gasteiger partial charge is 0.232 e. The van der Waals surface area contributed by atoms with Crippen molar-refractivity contribution in [3.8, 4) is 0 Å². The Kier molecular flexibility index (Phi) is 6.75. The van der Waals surface area contributed by atoms with E-state index in [-0.39, 0.29) is 11.4 Å². The molecule has 0 aliphatic heterocycles. The van der Waals surface area contributed by atoms with E-state index in [0.717, 1.165) is 0 Å². The zero-order chi connectivity index (χ0) is 11.9. The first-order valence-electron chi connectivity index (χ1n) is 4.85. The lowest BCUT2D eigenvalue weighted by Crippen LogP contribution is -2.22. The van der Waals surface area contributed by atoms with Gasteiger partial charge >= 0.3 is 0 Å². The van der Waals surface area contributed by atoms with E-state index in [2.05, 4.69) is 0 Å². The van der Waals surface area contributed by atoms with Crippen molar-refractivity contribution >= 4 is 19.7 Å². The third-order valence-corrected chi connectivity index (χ3v) is 2.68. The van der Waals surface area contributed by atoms with Crippen molar-refractivity contribution in [3.63, 3.8) is 0 Å². The van der Waals surface area contributed by atoms with Crippen LogP contribution in [0.15, 0.2) is 0 Å². The van der Waals surface area contributed by atoms with Crippen LogP contribution >= 0.6 is 10.7 Å². The predicted octanol–water partition coefficient (Wildman–Crippen LogP) is 1.78. The third kappa shape index (κ3) is 14.2. The first-order valence-corrected chi connectivity index (χ1v) is 7.32. The van der Waals surface area contributed by atoms with Gasteiger partial charge in [0.2, 0.25) is 9.05 Å². The van der Waals surface area contributed by atoms with Gasteiger partial charge in [-0.2, -0.15) is 0 Å². The van der Waals surface area contributed by atoms with Crippen LogP contribution in [0.5, 0.6) is 0 Å². The molecule has 0 aromatic carbocycles. The van der Waals surface area contributed by atoms with Gasteiger partial charge in [0.1, 0.15) is 0 Å². The number of halogens is 1. The van der Waals surface area contributed by atoms with Gasteiger partial charge in [0, 0.05) is 17.3 Å². The molecule has 0 radical (unpaired) electrons. The van der Waals surface area contributed by atoms with E-state index in [1.165, 1.54) is 0 Å². The summed E-state index contributed by atoms with van der Waals surface area (Å²) in [5.41, 5.74) is -0.164. The summed E-state index contributed by atoms with van der Waals surface area (Å²) in [6.45, 7) is 7.27. The first kappa shape index (κ1) is 15.2. The molecule has 0 fully saturated rings. The second kappa shape index (κ2) is 6.68. The Bertz CT molecular complexity index is 256. The molecule has 0 spiro atoms. The minimum atomic E-state index is -3.38. The van der Waals surface area contributed by atoms with Crippen molar-refractivity contribution in [3.05, 3.63) is 0 Å². The normalized spacial score (nSPS) is 13.1. The fraction of sp³-hybridized carbons (Fsp3) is 1.00. The van der Waals surface area contributed by atoms with Gasteiger partial charge in [0.25, 0.3) is 0 Å². The second-order valence-electron chi connectivity index (χ2n) is 4.17. The maximum absolute atomic E-state index is 10.5. The van der Waals surface area contributed by atoms with Gasteiger partial charge in [-0.15, -0.1) is 0 Å². The van der Waals surface area contributed by atoms with Crippen molar-refractivity contribution in [2.75, 3.05) is 25.6 Å². The summed E-state index contributed by atoms with van der Waals surface area (Å²) < 4.78 is 31.7. The first-order chi connectivity index (χ1) is 6.71. The van der Waals surface area contributed by atoms with Crippen LogP contribution in [-0.2, 0) is 18.5 Å². The number of hydrogen-bond donors (Lipinski definition) is 0. The van der Waals surface area contributed by atoms with Crippen LogP contribution in [0.4, 0.5) is 0 Å². The molecule has 6 heteroatoms. The Morgan fingerprint density at radius 2 is 1.73 bits per heavy atom. The monoisotopic (exact) mass is 258 g/mol. The summed E-state index contributed by atoms with van der Waals surface area (Å²) in [5.74, 6) is -0.0469. The largest absolute Gasteiger partial charge is 0.379 e. The van der Waals surface area contributed by atoms with Gasteiger partial charge in [0.05, 0.1) is 24.6 Å². The maximum Gasteiger partial charge on any atom is 0.232 e. The van der Waals surface area contributed by atoms with Crippen molar-refractivity contribution < 1.29 is 17.9 Å². The lowest BCUT2D eigenvalue weighted by Gasteiger charge is -2.19. The molecule has 4 nitrogen and oxygen atoms in total. The molecule has 0 amide bonds. The Hall–Kier alpha value is 0.160. The van der Waals surface area contributed by atoms with Gasteiger partial charge in [-0.1, -0.05) is 0 Å². The van der Waals surface area contributed by atoms with Crippen LogP contribution in [-0.4, -0.2) is 39.6 Å². The summed E-state index contributed by atoms with van der Waals surface area (Å²) in [5, 5.41) is 0. The molecule has 0 aromatic heterocycles. The molecule has 0 aliphatic carbocycles. The van der Waals surface area contributed by atoms with Gasteiger partial charge in [-0.3, -0.25) is 0 Å². The molecule has 0 aliphatic rings. The standard InChI is InChI=1S/C9H19ClO4S/c1-9(2,3)14-7-6-13-5-4-8-15(10,11)12/h4-8H2,1-3H3. The number of rotatable bonds is 7. The van der Waals surface area contributed by atoms with Crippen molar-refractivity contribution in [1.82, 2.24) is 0 Å². The topological polar surface area (TPSA) is 52.6 Å². The molecule has 0 heterocycles. The molecular formula is C9H19ClO4S. The summed E-state index contributed by atoms with van der Waals surface area (Å²) in [6.07, 6.45) is 0.418. The fourth-order valence-corrected chi connectivity index (χ4v) is 1.63. The molecule has 15 heavy (non-hydrogen) atoms. The molecule has 0 bridgehead atoms. The molecule has 0 saturated carbocycles. The minimum absolute atomic E-state index is 0.0469. The van der Waals surface area contributed by atoms with Crippen LogP contribution < -0.4 is 0 Å². The van der Waals surface area contributed by atoms with Crippen LogP contribution in [0.3, 0.4) is 0 Å². The highest BCUT2D eigenvalue weighted by molar-refractivity contribution is 8.13. The molecular weight excluding hydrogens is 240 g/mol. The van der Waals surface area contributed by atoms with Gasteiger partial charge in [0.15, 0.2) is 0 Å². The van der Waals surface area contributed by atoms with E-state index in [1.807, 2.05) is 20.8 Å². The SMILES string of the molecule is CC(C)(C)OCCOCCCS(=O)(=O)Cl. The Balaban J connectivity index is 3.27. The molecule has 0 aromatic rings. The average Bonchev–Trinajstić information content (AvgIpc) is 1.98. The maximum atomic E-state index is 10.5. The van der Waals surface area contributed by atoms with Crippen LogP contribution in [0.2, 0.25) is 0 Å². The lowest BCUT2D eigenvalue weighted by molar-refractivity contribution is -0.0346. The number of hydrogen-bond acceptors (Lipinski definition) is 4. The van der Waals surface area contributed by atoms with Crippen LogP contribution in [0, 0.1) is 0 Å². The highest BCUT2D eigenvalue weighted by atomic mass is 35.7. The van der Waals surface area contributed by atoms with E-state index in [4.69, 9.17) is 20.2 Å². The van der Waals surface area contributed by atoms with Gasteiger partial charge in [-0.25, -0.2) is 8.42 Å². The number of ether oxygens (including phenoxy) is 2. The second-order valence-corrected chi connectivity index (χ2v) is 7.07. The van der Waals surface area contributed by atoms with Crippen molar-refractivity contribution in [2.45, 2.75) is 32.8 Å². The Morgan fingerprint density at radius 1 is 1.13 bits per heavy atom. The molecule has 0 rings (SSSR count). The lowest BCUT2D eigenvalue weighted by atomic mass is 10.2. The zero-order valence-electron chi connectivity index (χ0n) is 9.45. The average molecular weight is 259 g/mol.